The number of sulfonamides is 1. The second-order valence-electron chi connectivity index (χ2n) is 12.6. The highest BCUT2D eigenvalue weighted by molar-refractivity contribution is 7.92. The first-order valence-corrected chi connectivity index (χ1v) is 18.9. The summed E-state index contributed by atoms with van der Waals surface area (Å²) in [7, 11) is -1.13. The molecule has 0 aliphatic heterocycles. The first kappa shape index (κ1) is 40.6. The van der Waals surface area contributed by atoms with Crippen molar-refractivity contribution < 1.29 is 49.4 Å². The molecule has 0 aliphatic rings. The number of halogens is 6. The Morgan fingerprint density at radius 1 is 1.00 bits per heavy atom. The topological polar surface area (TPSA) is 174 Å². The van der Waals surface area contributed by atoms with Gasteiger partial charge in [0.1, 0.15) is 17.4 Å². The summed E-state index contributed by atoms with van der Waals surface area (Å²) in [4.78, 5) is 35.6. The molecule has 57 heavy (non-hydrogen) atoms. The fraction of sp³-hybridized carbons (Fsp3) is 0.250. The van der Waals surface area contributed by atoms with E-state index in [4.69, 9.17) is 31.5 Å². The maximum Gasteiger partial charge on any atom is 0.405 e. The minimum atomic E-state index is -4.53. The zero-order chi connectivity index (χ0) is 41.4. The number of aryl methyl sites for hydroxylation is 1. The predicted octanol–water partition coefficient (Wildman–Crippen LogP) is 6.28. The first-order valence-electron chi connectivity index (χ1n) is 16.6. The molecule has 1 atom stereocenters. The number of amides is 1. The van der Waals surface area contributed by atoms with Crippen LogP contribution in [0.5, 0.6) is 11.6 Å². The van der Waals surface area contributed by atoms with Crippen LogP contribution in [-0.4, -0.2) is 65.0 Å². The Kier molecular flexibility index (Phi) is 11.3. The molecule has 2 N–H and O–H groups in total. The van der Waals surface area contributed by atoms with E-state index in [1.165, 1.54) is 37.0 Å². The van der Waals surface area contributed by atoms with E-state index < -0.39 is 70.9 Å². The van der Waals surface area contributed by atoms with Crippen LogP contribution < -0.4 is 25.1 Å². The fourth-order valence-corrected chi connectivity index (χ4v) is 7.14. The molecule has 0 saturated heterocycles. The monoisotopic (exact) mass is 835 g/mol. The Hall–Kier alpha value is -6.02. The number of aromatic nitrogens is 5. The van der Waals surface area contributed by atoms with Crippen LogP contribution in [0, 0.1) is 11.6 Å². The Morgan fingerprint density at radius 3 is 2.30 bits per heavy atom. The Labute approximate surface area is 325 Å². The van der Waals surface area contributed by atoms with Crippen LogP contribution in [0.4, 0.5) is 32.6 Å². The van der Waals surface area contributed by atoms with Gasteiger partial charge >= 0.3 is 12.3 Å². The third-order valence-electron chi connectivity index (χ3n) is 8.52. The number of fused-ring (bicyclic) bond motifs is 2. The highest BCUT2D eigenvalue weighted by atomic mass is 35.5. The van der Waals surface area contributed by atoms with E-state index in [9.17, 15) is 40.0 Å². The summed E-state index contributed by atoms with van der Waals surface area (Å²) < 4.78 is 113. The molecule has 14 nitrogen and oxygen atoms in total. The van der Waals surface area contributed by atoms with E-state index in [-0.39, 0.29) is 56.5 Å². The van der Waals surface area contributed by atoms with Gasteiger partial charge in [0.15, 0.2) is 23.4 Å². The number of rotatable bonds is 13. The maximum atomic E-state index is 14.6. The lowest BCUT2D eigenvalue weighted by Gasteiger charge is -2.22. The van der Waals surface area contributed by atoms with Gasteiger partial charge in [0.25, 0.3) is 5.56 Å². The van der Waals surface area contributed by atoms with Crippen LogP contribution in [0.3, 0.4) is 0 Å². The number of nitrogens with zero attached hydrogens (tertiary/aromatic N) is 6. The van der Waals surface area contributed by atoms with Gasteiger partial charge in [0.2, 0.25) is 15.9 Å². The molecule has 3 aromatic heterocycles. The SMILES string of the molecule is COc1ccc(CN(c2nn(C)c3c(-n4c(C(Cc5cc(F)cc(F)c5)OC(N)=O)nc5nc(OCCC(F)(F)F)ccc5c4=O)ccc(Cl)c23)S(C)(=O)=O)cc1. The van der Waals surface area contributed by atoms with Crippen molar-refractivity contribution in [2.75, 3.05) is 24.3 Å². The average Bonchev–Trinajstić information content (AvgIpc) is 3.46. The molecule has 1 amide bonds. The molecule has 0 radical (unpaired) electrons. The number of anilines is 1. The smallest absolute Gasteiger partial charge is 0.405 e. The van der Waals surface area contributed by atoms with E-state index in [0.29, 0.717) is 17.4 Å². The third-order valence-corrected chi connectivity index (χ3v) is 9.94. The number of methoxy groups -OCH3 is 1. The number of ether oxygens (including phenoxy) is 3. The van der Waals surface area contributed by atoms with Crippen LogP contribution >= 0.6 is 11.6 Å². The number of hydrogen-bond acceptors (Lipinski definition) is 10. The Bertz CT molecular complexity index is 2660. The van der Waals surface area contributed by atoms with Crippen molar-refractivity contribution in [3.63, 3.8) is 0 Å². The molecule has 3 heterocycles. The molecule has 300 valence electrons. The lowest BCUT2D eigenvalue weighted by atomic mass is 10.1. The largest absolute Gasteiger partial charge is 0.497 e. The van der Waals surface area contributed by atoms with E-state index in [0.717, 1.165) is 33.3 Å². The minimum Gasteiger partial charge on any atom is -0.497 e. The molecular weight excluding hydrogens is 805 g/mol. The molecule has 6 aromatic rings. The van der Waals surface area contributed by atoms with Gasteiger partial charge in [-0.05, 0) is 53.6 Å². The Balaban J connectivity index is 1.60. The van der Waals surface area contributed by atoms with Gasteiger partial charge in [-0.3, -0.25) is 14.0 Å². The summed E-state index contributed by atoms with van der Waals surface area (Å²) in [6.45, 7) is -1.00. The summed E-state index contributed by atoms with van der Waals surface area (Å²) in [6.07, 6.45) is -8.41. The van der Waals surface area contributed by atoms with Gasteiger partial charge in [0.05, 0.1) is 59.9 Å². The predicted molar refractivity (Wildman–Crippen MR) is 198 cm³/mol. The second-order valence-corrected chi connectivity index (χ2v) is 14.9. The van der Waals surface area contributed by atoms with E-state index in [2.05, 4.69) is 15.1 Å². The molecule has 6 rings (SSSR count). The van der Waals surface area contributed by atoms with Gasteiger partial charge in [-0.25, -0.2) is 31.3 Å². The van der Waals surface area contributed by atoms with Crippen LogP contribution in [0.15, 0.2) is 71.5 Å². The normalized spacial score (nSPS) is 12.5. The van der Waals surface area contributed by atoms with Gasteiger partial charge in [0, 0.05) is 25.6 Å². The minimum absolute atomic E-state index is 0.0195. The van der Waals surface area contributed by atoms with Gasteiger partial charge in [-0.2, -0.15) is 23.3 Å². The number of carbonyl (C=O) groups excluding carboxylic acids is 1. The molecule has 0 aliphatic carbocycles. The van der Waals surface area contributed by atoms with Crippen molar-refractivity contribution in [3.05, 3.63) is 111 Å². The van der Waals surface area contributed by atoms with Crippen LogP contribution in [-0.2, 0) is 34.8 Å². The van der Waals surface area contributed by atoms with Gasteiger partial charge < -0.3 is 19.9 Å². The summed E-state index contributed by atoms with van der Waals surface area (Å²) in [5.74, 6) is -2.27. The van der Waals surface area contributed by atoms with Crippen molar-refractivity contribution in [2.24, 2.45) is 12.8 Å². The summed E-state index contributed by atoms with van der Waals surface area (Å²) in [5.41, 5.74) is 4.75. The van der Waals surface area contributed by atoms with Gasteiger partial charge in [-0.15, -0.1) is 0 Å². The van der Waals surface area contributed by atoms with Crippen LogP contribution in [0.2, 0.25) is 5.02 Å². The first-order chi connectivity index (χ1) is 26.8. The summed E-state index contributed by atoms with van der Waals surface area (Å²) in [6, 6.07) is 14.2. The standard InChI is InChI=1S/C36H31ClF5N7O7S/c1-47-30-26(10-9-25(37)29(30)33(46-47)48(57(3,52)53)18-19-4-6-23(54-2)7-5-19)49-32(27(56-35(43)51)16-20-14-21(38)17-22(39)15-20)45-31-24(34(49)50)8-11-28(44-31)55-13-12-36(40,41)42/h4-11,14-15,17,27H,12-13,16,18H2,1-3H3,(H2,43,51). The van der Waals surface area contributed by atoms with Gasteiger partial charge in [-0.1, -0.05) is 23.7 Å². The quantitative estimate of drug-likeness (QED) is 0.130. The molecule has 3 aromatic carbocycles. The number of pyridine rings is 1. The fourth-order valence-electron chi connectivity index (χ4n) is 6.07. The van der Waals surface area contributed by atoms with E-state index in [1.807, 2.05) is 0 Å². The molecule has 0 saturated carbocycles. The molecule has 0 bridgehead atoms. The lowest BCUT2D eigenvalue weighted by molar-refractivity contribution is -0.139. The van der Waals surface area contributed by atoms with Crippen molar-refractivity contribution in [1.29, 1.82) is 0 Å². The van der Waals surface area contributed by atoms with E-state index >= 15 is 0 Å². The van der Waals surface area contributed by atoms with Crippen LogP contribution in [0.1, 0.15) is 29.5 Å². The molecule has 21 heteroatoms. The highest BCUT2D eigenvalue weighted by Crippen LogP contribution is 2.38. The zero-order valence-electron chi connectivity index (χ0n) is 30.1. The Morgan fingerprint density at radius 2 is 1.68 bits per heavy atom. The number of primary amides is 1. The lowest BCUT2D eigenvalue weighted by Crippen LogP contribution is -2.30. The van der Waals surface area contributed by atoms with Crippen LogP contribution in [0.25, 0.3) is 27.6 Å². The molecule has 0 spiro atoms. The second kappa shape index (κ2) is 15.8. The van der Waals surface area contributed by atoms with Crippen molar-refractivity contribution in [3.8, 4) is 17.3 Å². The highest BCUT2D eigenvalue weighted by Gasteiger charge is 2.31. The van der Waals surface area contributed by atoms with Crippen molar-refractivity contribution in [1.82, 2.24) is 24.3 Å². The average molecular weight is 836 g/mol. The summed E-state index contributed by atoms with van der Waals surface area (Å²) in [5, 5.41) is 4.41. The summed E-state index contributed by atoms with van der Waals surface area (Å²) >= 11 is 6.76. The third kappa shape index (κ3) is 9.01. The number of hydrogen-bond donors (Lipinski definition) is 1. The van der Waals surface area contributed by atoms with E-state index in [1.54, 1.807) is 24.3 Å². The number of carbonyl (C=O) groups is 1. The van der Waals surface area contributed by atoms with Crippen molar-refractivity contribution in [2.45, 2.75) is 31.7 Å². The van der Waals surface area contributed by atoms with Crippen molar-refractivity contribution >= 4 is 55.5 Å². The molecule has 0 fully saturated rings. The molecule has 1 unspecified atom stereocenters. The molecular formula is C36H31ClF5N7O7S. The number of alkyl halides is 3. The zero-order valence-corrected chi connectivity index (χ0v) is 31.6. The number of nitrogens with two attached hydrogens (primary N) is 1. The maximum absolute atomic E-state index is 14.6. The number of benzene rings is 3.